The second-order valence-corrected chi connectivity index (χ2v) is 5.30. The summed E-state index contributed by atoms with van der Waals surface area (Å²) in [5, 5.41) is 4.42. The van der Waals surface area contributed by atoms with Gasteiger partial charge in [0, 0.05) is 18.5 Å². The quantitative estimate of drug-likeness (QED) is 0.526. The Bertz CT molecular complexity index is 531. The van der Waals surface area contributed by atoms with E-state index in [1.54, 1.807) is 11.8 Å². The zero-order valence-electron chi connectivity index (χ0n) is 13.0. The second kappa shape index (κ2) is 6.28. The van der Waals surface area contributed by atoms with Crippen LogP contribution in [-0.2, 0) is 4.74 Å². The summed E-state index contributed by atoms with van der Waals surface area (Å²) >= 11 is 0. The number of nitrogens with one attached hydrogen (secondary N) is 2. The van der Waals surface area contributed by atoms with E-state index in [9.17, 15) is 4.79 Å². The Labute approximate surface area is 124 Å². The van der Waals surface area contributed by atoms with Crippen LogP contribution in [0.4, 0.5) is 4.79 Å². The van der Waals surface area contributed by atoms with Gasteiger partial charge >= 0.3 is 6.09 Å². The smallest absolute Gasteiger partial charge is 0.411 e. The molecule has 1 fully saturated rings. The summed E-state index contributed by atoms with van der Waals surface area (Å²) in [6.45, 7) is 8.70. The van der Waals surface area contributed by atoms with Crippen molar-refractivity contribution in [1.29, 1.82) is 0 Å². The Morgan fingerprint density at radius 2 is 2.29 bits per heavy atom. The van der Waals surface area contributed by atoms with E-state index in [0.29, 0.717) is 19.6 Å². The molecule has 0 radical (unpaired) electrons. The Kier molecular flexibility index (Phi) is 4.64. The minimum atomic E-state index is -0.423. The summed E-state index contributed by atoms with van der Waals surface area (Å²) in [5.74, 6) is 5.69. The average Bonchev–Trinajstić information content (AvgIpc) is 2.46. The molecule has 0 aliphatic carbocycles. The molecule has 4 N–H and O–H groups in total. The van der Waals surface area contributed by atoms with Crippen LogP contribution in [-0.4, -0.2) is 36.0 Å². The van der Waals surface area contributed by atoms with Crippen LogP contribution < -0.4 is 16.7 Å². The molecule has 116 valence electrons. The minimum Gasteiger partial charge on any atom is -0.450 e. The largest absolute Gasteiger partial charge is 0.450 e. The Balaban J connectivity index is 2.42. The van der Waals surface area contributed by atoms with Gasteiger partial charge in [0.25, 0.3) is 0 Å². The topological polar surface area (TPSA) is 92.0 Å². The fourth-order valence-corrected chi connectivity index (χ4v) is 2.75. The maximum atomic E-state index is 12.1. The molecular weight excluding hydrogens is 270 g/mol. The first kappa shape index (κ1) is 15.5. The summed E-state index contributed by atoms with van der Waals surface area (Å²) in [7, 11) is 0. The molecule has 2 aliphatic rings. The standard InChI is InChI=1S/C14H23N5O2/c1-5-21-14(20)19-7-6-10-11(13(19)16-15)9(4)12(8(2)3)18-17-10/h13,16,18H,5-7,15H2,1-4H3. The first-order chi connectivity index (χ1) is 10.0. The Morgan fingerprint density at radius 3 is 2.86 bits per heavy atom. The lowest BCUT2D eigenvalue weighted by Crippen LogP contribution is -2.58. The van der Waals surface area contributed by atoms with Crippen LogP contribution in [0.3, 0.4) is 0 Å². The van der Waals surface area contributed by atoms with Gasteiger partial charge in [0.1, 0.15) is 6.17 Å². The fourth-order valence-electron chi connectivity index (χ4n) is 2.75. The average molecular weight is 293 g/mol. The number of piperidine rings is 1. The second-order valence-electron chi connectivity index (χ2n) is 5.30. The lowest BCUT2D eigenvalue weighted by Gasteiger charge is -2.39. The van der Waals surface area contributed by atoms with E-state index in [0.717, 1.165) is 28.1 Å². The van der Waals surface area contributed by atoms with Crippen LogP contribution in [0.25, 0.3) is 0 Å². The zero-order valence-corrected chi connectivity index (χ0v) is 13.0. The van der Waals surface area contributed by atoms with Gasteiger partial charge in [0.05, 0.1) is 18.0 Å². The molecule has 0 aromatic rings. The third-order valence-corrected chi connectivity index (χ3v) is 3.73. The lowest BCUT2D eigenvalue weighted by atomic mass is 9.91. The van der Waals surface area contributed by atoms with Gasteiger partial charge in [0.15, 0.2) is 0 Å². The molecular formula is C14H23N5O2. The van der Waals surface area contributed by atoms with Gasteiger partial charge in [-0.1, -0.05) is 5.57 Å². The molecule has 1 amide bonds. The van der Waals surface area contributed by atoms with Gasteiger partial charge in [-0.05, 0) is 33.3 Å². The molecule has 21 heavy (non-hydrogen) atoms. The van der Waals surface area contributed by atoms with Gasteiger partial charge in [-0.2, -0.15) is 5.10 Å². The van der Waals surface area contributed by atoms with E-state index in [1.807, 2.05) is 20.8 Å². The molecule has 0 saturated carbocycles. The van der Waals surface area contributed by atoms with Gasteiger partial charge in [0.2, 0.25) is 0 Å². The van der Waals surface area contributed by atoms with Crippen molar-refractivity contribution in [2.75, 3.05) is 13.2 Å². The van der Waals surface area contributed by atoms with Crippen molar-refractivity contribution in [3.8, 4) is 0 Å². The van der Waals surface area contributed by atoms with Crippen molar-refractivity contribution >= 4 is 11.8 Å². The van der Waals surface area contributed by atoms with Crippen molar-refractivity contribution in [3.05, 3.63) is 22.4 Å². The van der Waals surface area contributed by atoms with Crippen LogP contribution >= 0.6 is 0 Å². The van der Waals surface area contributed by atoms with Crippen LogP contribution in [0.1, 0.15) is 34.1 Å². The van der Waals surface area contributed by atoms with E-state index < -0.39 is 6.17 Å². The number of ether oxygens (including phenoxy) is 1. The zero-order chi connectivity index (χ0) is 15.6. The normalized spacial score (nSPS) is 21.6. The molecule has 0 spiro atoms. The van der Waals surface area contributed by atoms with Crippen molar-refractivity contribution in [2.24, 2.45) is 10.9 Å². The highest BCUT2D eigenvalue weighted by Gasteiger charge is 2.37. The molecule has 7 heteroatoms. The predicted octanol–water partition coefficient (Wildman–Crippen LogP) is 1.21. The molecule has 2 aliphatic heterocycles. The number of amides is 1. The number of likely N-dealkylation sites (tertiary alicyclic amines) is 1. The predicted molar refractivity (Wildman–Crippen MR) is 81.1 cm³/mol. The summed E-state index contributed by atoms with van der Waals surface area (Å²) in [4.78, 5) is 13.7. The number of hydrogen-bond acceptors (Lipinski definition) is 6. The third kappa shape index (κ3) is 2.79. The molecule has 0 bridgehead atoms. The molecule has 0 aromatic carbocycles. The number of carbonyl (C=O) groups is 1. The Morgan fingerprint density at radius 1 is 1.57 bits per heavy atom. The number of nitrogens with two attached hydrogens (primary N) is 1. The van der Waals surface area contributed by atoms with E-state index in [4.69, 9.17) is 10.6 Å². The number of carbonyl (C=O) groups excluding carboxylic acids is 1. The van der Waals surface area contributed by atoms with E-state index in [1.165, 1.54) is 0 Å². The highest BCUT2D eigenvalue weighted by molar-refractivity contribution is 6.04. The van der Waals surface area contributed by atoms with Crippen LogP contribution in [0.2, 0.25) is 0 Å². The maximum Gasteiger partial charge on any atom is 0.411 e. The molecule has 2 rings (SSSR count). The maximum absolute atomic E-state index is 12.1. The number of hydrazone groups is 1. The van der Waals surface area contributed by atoms with Crippen LogP contribution in [0.5, 0.6) is 0 Å². The number of hydrazine groups is 1. The first-order valence-corrected chi connectivity index (χ1v) is 7.12. The van der Waals surface area contributed by atoms with Crippen LogP contribution in [0, 0.1) is 0 Å². The monoisotopic (exact) mass is 293 g/mol. The number of hydrogen-bond donors (Lipinski definition) is 3. The molecule has 1 unspecified atom stereocenters. The summed E-state index contributed by atoms with van der Waals surface area (Å²) < 4.78 is 5.10. The van der Waals surface area contributed by atoms with Gasteiger partial charge in [-0.3, -0.25) is 16.2 Å². The summed E-state index contributed by atoms with van der Waals surface area (Å²) in [5.41, 5.74) is 10.8. The van der Waals surface area contributed by atoms with Gasteiger partial charge in [-0.25, -0.2) is 10.2 Å². The molecule has 1 saturated heterocycles. The number of rotatable bonds is 2. The highest BCUT2D eigenvalue weighted by atomic mass is 16.6. The van der Waals surface area contributed by atoms with Crippen molar-refractivity contribution in [2.45, 2.75) is 40.3 Å². The molecule has 0 aromatic heterocycles. The van der Waals surface area contributed by atoms with E-state index >= 15 is 0 Å². The summed E-state index contributed by atoms with van der Waals surface area (Å²) in [6, 6.07) is 0. The van der Waals surface area contributed by atoms with Crippen molar-refractivity contribution in [1.82, 2.24) is 15.8 Å². The van der Waals surface area contributed by atoms with E-state index in [2.05, 4.69) is 16.0 Å². The molecule has 7 nitrogen and oxygen atoms in total. The Hall–Kier alpha value is -1.86. The number of nitrogens with zero attached hydrogens (tertiary/aromatic N) is 2. The third-order valence-electron chi connectivity index (χ3n) is 3.73. The minimum absolute atomic E-state index is 0.340. The highest BCUT2D eigenvalue weighted by Crippen LogP contribution is 2.29. The number of fused-ring (bicyclic) bond motifs is 1. The van der Waals surface area contributed by atoms with Crippen molar-refractivity contribution in [3.63, 3.8) is 0 Å². The lowest BCUT2D eigenvalue weighted by molar-refractivity contribution is 0.0891. The van der Waals surface area contributed by atoms with E-state index in [-0.39, 0.29) is 6.09 Å². The molecule has 2 heterocycles. The molecule has 1 atom stereocenters. The fraction of sp³-hybridized carbons (Fsp3) is 0.571. The number of allylic oxidation sites excluding steroid dienone is 2. The van der Waals surface area contributed by atoms with Gasteiger partial charge in [-0.15, -0.1) is 0 Å². The van der Waals surface area contributed by atoms with Crippen molar-refractivity contribution < 1.29 is 9.53 Å². The first-order valence-electron chi connectivity index (χ1n) is 7.12. The van der Waals surface area contributed by atoms with Gasteiger partial charge < -0.3 is 4.74 Å². The summed E-state index contributed by atoms with van der Waals surface area (Å²) in [6.07, 6.45) is -0.114. The SMILES string of the molecule is CCOC(=O)N1CCC2=NNC(=C(C)C)C(C)=C2C1NN. The van der Waals surface area contributed by atoms with Crippen LogP contribution in [0.15, 0.2) is 27.5 Å².